The topological polar surface area (TPSA) is 98.3 Å². The summed E-state index contributed by atoms with van der Waals surface area (Å²) >= 11 is 0. The van der Waals surface area contributed by atoms with Crippen LogP contribution in [0.1, 0.15) is 24.3 Å². The van der Waals surface area contributed by atoms with Crippen LogP contribution in [0.4, 0.5) is 5.69 Å². The summed E-state index contributed by atoms with van der Waals surface area (Å²) in [6.07, 6.45) is 0.423. The van der Waals surface area contributed by atoms with Crippen LogP contribution in [0.2, 0.25) is 0 Å². The van der Waals surface area contributed by atoms with E-state index in [9.17, 15) is 18.4 Å². The van der Waals surface area contributed by atoms with Gasteiger partial charge in [0.15, 0.2) is 10.4 Å². The molecule has 0 radical (unpaired) electrons. The monoisotopic (exact) mass is 294 g/mol. The van der Waals surface area contributed by atoms with E-state index in [1.54, 1.807) is 24.3 Å². The molecule has 0 spiro atoms. The summed E-state index contributed by atoms with van der Waals surface area (Å²) in [5, 5.41) is 3.06. The number of hydrogen-bond acceptors (Lipinski definition) is 4. The van der Waals surface area contributed by atoms with Gasteiger partial charge in [0, 0.05) is 18.8 Å². The third kappa shape index (κ3) is 3.52. The van der Waals surface area contributed by atoms with Gasteiger partial charge in [-0.2, -0.15) is 0 Å². The molecule has 6 nitrogen and oxygen atoms in total. The van der Waals surface area contributed by atoms with Crippen molar-refractivity contribution in [2.24, 2.45) is 0 Å². The Morgan fingerprint density at radius 2 is 2.00 bits per heavy atom. The molecule has 1 atom stereocenters. The molecule has 1 aromatic carbocycles. The number of piperidine rings is 1. The van der Waals surface area contributed by atoms with Crippen LogP contribution < -0.4 is 10.0 Å². The molecule has 1 unspecified atom stereocenters. The third-order valence-corrected chi connectivity index (χ3v) is 3.94. The minimum absolute atomic E-state index is 0.212. The number of anilines is 1. The first-order valence-corrected chi connectivity index (χ1v) is 7.52. The van der Waals surface area contributed by atoms with E-state index < -0.39 is 10.4 Å². The Morgan fingerprint density at radius 3 is 2.60 bits per heavy atom. The largest absolute Gasteiger partial charge is 0.589 e. The Morgan fingerprint density at radius 1 is 1.35 bits per heavy atom. The van der Waals surface area contributed by atoms with Crippen LogP contribution in [0.5, 0.6) is 0 Å². The fourth-order valence-corrected chi connectivity index (χ4v) is 2.61. The van der Waals surface area contributed by atoms with Gasteiger partial charge in [0.05, 0.1) is 5.69 Å². The smallest absolute Gasteiger partial charge is 0.227 e. The Labute approximate surface area is 117 Å². The van der Waals surface area contributed by atoms with Crippen molar-refractivity contribution in [2.45, 2.75) is 18.8 Å². The molecule has 0 bridgehead atoms. The number of nitrogens with one attached hydrogen (secondary N) is 2. The lowest BCUT2D eigenvalue weighted by Gasteiger charge is -2.22. The minimum Gasteiger partial charge on any atom is -0.589 e. The molecule has 1 saturated heterocycles. The molecule has 0 aromatic heterocycles. The van der Waals surface area contributed by atoms with E-state index in [2.05, 4.69) is 16.6 Å². The number of carbonyl (C=O) groups is 2. The SMILES string of the molecule is C=C[S+](=O)([O-])Nc1cccc(C2CC(=O)NC(=O)C2)c1. The highest BCUT2D eigenvalue weighted by molar-refractivity contribution is 8.01. The molecule has 1 heterocycles. The van der Waals surface area contributed by atoms with Crippen LogP contribution in [0.25, 0.3) is 0 Å². The van der Waals surface area contributed by atoms with E-state index in [0.29, 0.717) is 5.69 Å². The van der Waals surface area contributed by atoms with Gasteiger partial charge in [0.1, 0.15) is 5.41 Å². The summed E-state index contributed by atoms with van der Waals surface area (Å²) < 4.78 is 25.2. The number of amides is 2. The maximum absolute atomic E-state index is 11.4. The van der Waals surface area contributed by atoms with Crippen molar-refractivity contribution in [3.8, 4) is 0 Å². The lowest BCUT2D eigenvalue weighted by atomic mass is 9.89. The van der Waals surface area contributed by atoms with Gasteiger partial charge in [-0.3, -0.25) is 14.9 Å². The molecule has 0 saturated carbocycles. The maximum atomic E-state index is 11.4. The highest BCUT2D eigenvalue weighted by Gasteiger charge is 2.26. The summed E-state index contributed by atoms with van der Waals surface area (Å²) in [6, 6.07) is 6.66. The lowest BCUT2D eigenvalue weighted by Crippen LogP contribution is -2.37. The van der Waals surface area contributed by atoms with Gasteiger partial charge in [-0.05, 0) is 24.3 Å². The predicted molar refractivity (Wildman–Crippen MR) is 74.2 cm³/mol. The molecular formula is C13H14N2O4S. The molecule has 2 rings (SSSR count). The number of rotatable bonds is 4. The van der Waals surface area contributed by atoms with Gasteiger partial charge < -0.3 is 4.55 Å². The second-order valence-electron chi connectivity index (χ2n) is 4.52. The third-order valence-electron chi connectivity index (χ3n) is 2.98. The first-order valence-electron chi connectivity index (χ1n) is 5.97. The Balaban J connectivity index is 2.21. The zero-order chi connectivity index (χ0) is 14.8. The van der Waals surface area contributed by atoms with Crippen LogP contribution in [-0.2, 0) is 24.2 Å². The van der Waals surface area contributed by atoms with E-state index >= 15 is 0 Å². The van der Waals surface area contributed by atoms with E-state index in [1.165, 1.54) is 0 Å². The van der Waals surface area contributed by atoms with Crippen molar-refractivity contribution >= 4 is 27.9 Å². The number of hydrogen-bond donors (Lipinski definition) is 2. The van der Waals surface area contributed by atoms with E-state index in [4.69, 9.17) is 0 Å². The fraction of sp³-hybridized carbons (Fsp3) is 0.231. The average Bonchev–Trinajstić information content (AvgIpc) is 2.37. The van der Waals surface area contributed by atoms with Crippen molar-refractivity contribution in [3.05, 3.63) is 41.8 Å². The number of sulfonamides is 1. The Bertz CT molecular complexity index is 598. The summed E-state index contributed by atoms with van der Waals surface area (Å²) in [7, 11) is -3.57. The van der Waals surface area contributed by atoms with E-state index in [-0.39, 0.29) is 30.6 Å². The van der Waals surface area contributed by atoms with Crippen molar-refractivity contribution in [1.29, 1.82) is 0 Å². The lowest BCUT2D eigenvalue weighted by molar-refractivity contribution is -0.133. The minimum atomic E-state index is -3.57. The average molecular weight is 294 g/mol. The van der Waals surface area contributed by atoms with Crippen LogP contribution >= 0.6 is 0 Å². The molecule has 20 heavy (non-hydrogen) atoms. The van der Waals surface area contributed by atoms with Gasteiger partial charge in [0.25, 0.3) is 0 Å². The molecule has 1 fully saturated rings. The molecular weight excluding hydrogens is 280 g/mol. The molecule has 1 aliphatic rings. The molecule has 2 amide bonds. The Hall–Kier alpha value is -1.99. The van der Waals surface area contributed by atoms with Crippen LogP contribution in [0.15, 0.2) is 36.3 Å². The molecule has 0 aliphatic carbocycles. The Kier molecular flexibility index (Phi) is 4.01. The van der Waals surface area contributed by atoms with Crippen LogP contribution in [0, 0.1) is 0 Å². The fourth-order valence-electron chi connectivity index (χ4n) is 2.08. The quantitative estimate of drug-likeness (QED) is 0.646. The summed E-state index contributed by atoms with van der Waals surface area (Å²) in [5.74, 6) is -0.865. The van der Waals surface area contributed by atoms with Crippen molar-refractivity contribution in [1.82, 2.24) is 5.32 Å². The number of benzene rings is 1. The zero-order valence-corrected chi connectivity index (χ0v) is 11.4. The molecule has 1 aliphatic heterocycles. The standard InChI is InChI=1S/C13H14N2O4S/c1-2-20(18,19)15-11-5-3-4-9(6-11)10-7-12(16)14-13(17)8-10/h2-6,10H,1,7-8H2,(H2-,14,15,16,17,18,19). The van der Waals surface area contributed by atoms with Crippen molar-refractivity contribution < 1.29 is 18.4 Å². The second-order valence-corrected chi connectivity index (χ2v) is 6.14. The second kappa shape index (κ2) is 5.56. The van der Waals surface area contributed by atoms with Gasteiger partial charge >= 0.3 is 0 Å². The highest BCUT2D eigenvalue weighted by atomic mass is 32.3. The molecule has 1 aromatic rings. The first-order chi connectivity index (χ1) is 9.39. The van der Waals surface area contributed by atoms with Gasteiger partial charge in [0.2, 0.25) is 11.8 Å². The maximum Gasteiger partial charge on any atom is 0.227 e. The van der Waals surface area contributed by atoms with Gasteiger partial charge in [-0.25, -0.2) is 4.72 Å². The zero-order valence-electron chi connectivity index (χ0n) is 10.6. The molecule has 7 heteroatoms. The molecule has 2 N–H and O–H groups in total. The predicted octanol–water partition coefficient (Wildman–Crippen LogP) is 1.31. The number of carbonyl (C=O) groups excluding carboxylic acids is 2. The van der Waals surface area contributed by atoms with Crippen molar-refractivity contribution in [2.75, 3.05) is 4.72 Å². The van der Waals surface area contributed by atoms with E-state index in [0.717, 1.165) is 11.0 Å². The summed E-state index contributed by atoms with van der Waals surface area (Å²) in [4.78, 5) is 22.7. The molecule has 106 valence electrons. The van der Waals surface area contributed by atoms with Crippen LogP contribution in [-0.4, -0.2) is 16.4 Å². The summed E-state index contributed by atoms with van der Waals surface area (Å²) in [5.41, 5.74) is 1.12. The summed E-state index contributed by atoms with van der Waals surface area (Å²) in [6.45, 7) is 3.21. The first kappa shape index (κ1) is 14.4. The normalized spacial score (nSPS) is 19.1. The highest BCUT2D eigenvalue weighted by Crippen LogP contribution is 2.28. The van der Waals surface area contributed by atoms with E-state index in [1.807, 2.05) is 0 Å². The van der Waals surface area contributed by atoms with Gasteiger partial charge in [-0.1, -0.05) is 16.3 Å². The number of imide groups is 1. The van der Waals surface area contributed by atoms with Crippen LogP contribution in [0.3, 0.4) is 0 Å². The van der Waals surface area contributed by atoms with Gasteiger partial charge in [-0.15, -0.1) is 0 Å². The van der Waals surface area contributed by atoms with Crippen molar-refractivity contribution in [3.63, 3.8) is 0 Å².